The number of carbonyl (C=O) groups excluding carboxylic acids is 2. The Balaban J connectivity index is 1.25. The van der Waals surface area contributed by atoms with E-state index >= 15 is 0 Å². The van der Waals surface area contributed by atoms with Gasteiger partial charge < -0.3 is 10.6 Å². The van der Waals surface area contributed by atoms with E-state index in [9.17, 15) is 9.59 Å². The third kappa shape index (κ3) is 3.81. The number of carbonyl (C=O) groups is 2. The molecule has 4 aromatic rings. The molecule has 1 atom stereocenters. The van der Waals surface area contributed by atoms with E-state index in [-0.39, 0.29) is 18.2 Å². The van der Waals surface area contributed by atoms with Gasteiger partial charge in [0.25, 0.3) is 0 Å². The maximum atomic E-state index is 12.5. The molecule has 0 spiro atoms. The topological polar surface area (TPSA) is 71.1 Å². The van der Waals surface area contributed by atoms with Crippen molar-refractivity contribution < 1.29 is 9.59 Å². The first-order valence-corrected chi connectivity index (χ1v) is 11.2. The summed E-state index contributed by atoms with van der Waals surface area (Å²) in [6.45, 7) is 0. The van der Waals surface area contributed by atoms with Crippen LogP contribution in [0.15, 0.2) is 77.7 Å². The summed E-state index contributed by atoms with van der Waals surface area (Å²) in [6.07, 6.45) is 0.116. The number of para-hydroxylation sites is 2. The van der Waals surface area contributed by atoms with Gasteiger partial charge >= 0.3 is 0 Å². The van der Waals surface area contributed by atoms with Crippen molar-refractivity contribution in [2.45, 2.75) is 16.6 Å². The van der Waals surface area contributed by atoms with E-state index in [1.165, 1.54) is 11.8 Å². The van der Waals surface area contributed by atoms with Crippen molar-refractivity contribution in [3.05, 3.63) is 72.8 Å². The molecular formula is C23H17N3O2S2. The van der Waals surface area contributed by atoms with Gasteiger partial charge in [-0.05, 0) is 48.5 Å². The summed E-state index contributed by atoms with van der Waals surface area (Å²) < 4.78 is 1.15. The largest absolute Gasteiger partial charge is 0.326 e. The number of hydrogen-bond donors (Lipinski definition) is 2. The van der Waals surface area contributed by atoms with Crippen LogP contribution in [-0.2, 0) is 9.59 Å². The fourth-order valence-electron chi connectivity index (χ4n) is 3.30. The number of thiazole rings is 1. The van der Waals surface area contributed by atoms with Gasteiger partial charge in [0, 0.05) is 22.6 Å². The van der Waals surface area contributed by atoms with E-state index < -0.39 is 5.25 Å². The van der Waals surface area contributed by atoms with Crippen molar-refractivity contribution in [3.8, 4) is 10.6 Å². The molecule has 0 saturated heterocycles. The number of anilines is 2. The number of nitrogens with one attached hydrogen (secondary N) is 2. The van der Waals surface area contributed by atoms with E-state index in [1.807, 2.05) is 66.7 Å². The van der Waals surface area contributed by atoms with Crippen molar-refractivity contribution in [3.63, 3.8) is 0 Å². The van der Waals surface area contributed by atoms with Crippen LogP contribution in [0.25, 0.3) is 20.8 Å². The number of nitrogens with zero attached hydrogens (tertiary/aromatic N) is 1. The van der Waals surface area contributed by atoms with Crippen molar-refractivity contribution in [2.24, 2.45) is 0 Å². The maximum Gasteiger partial charge on any atom is 0.238 e. The molecule has 1 unspecified atom stereocenters. The van der Waals surface area contributed by atoms with Crippen molar-refractivity contribution in [1.82, 2.24) is 4.98 Å². The predicted molar refractivity (Wildman–Crippen MR) is 123 cm³/mol. The molecule has 1 aliphatic rings. The molecule has 2 heterocycles. The van der Waals surface area contributed by atoms with Gasteiger partial charge in [0.15, 0.2) is 0 Å². The molecule has 2 amide bonds. The van der Waals surface area contributed by atoms with E-state index in [0.29, 0.717) is 5.69 Å². The van der Waals surface area contributed by atoms with Gasteiger partial charge in [-0.2, -0.15) is 0 Å². The second-order valence-electron chi connectivity index (χ2n) is 6.91. The Bertz CT molecular complexity index is 1220. The molecule has 0 saturated carbocycles. The number of rotatable bonds is 4. The van der Waals surface area contributed by atoms with Crippen molar-refractivity contribution in [2.75, 3.05) is 10.6 Å². The van der Waals surface area contributed by atoms with Crippen LogP contribution in [0.1, 0.15) is 6.42 Å². The normalized spacial score (nSPS) is 15.5. The fraction of sp³-hybridized carbons (Fsp3) is 0.0870. The molecule has 5 rings (SSSR count). The smallest absolute Gasteiger partial charge is 0.238 e. The number of aromatic nitrogens is 1. The van der Waals surface area contributed by atoms with E-state index in [0.717, 1.165) is 31.4 Å². The van der Waals surface area contributed by atoms with E-state index in [2.05, 4.69) is 21.7 Å². The van der Waals surface area contributed by atoms with Crippen LogP contribution in [0.2, 0.25) is 0 Å². The van der Waals surface area contributed by atoms with E-state index in [4.69, 9.17) is 0 Å². The quantitative estimate of drug-likeness (QED) is 0.454. The molecule has 0 fully saturated rings. The second kappa shape index (κ2) is 7.93. The van der Waals surface area contributed by atoms with Crippen LogP contribution in [-0.4, -0.2) is 22.0 Å². The predicted octanol–water partition coefficient (Wildman–Crippen LogP) is 5.40. The van der Waals surface area contributed by atoms with Gasteiger partial charge in [-0.1, -0.05) is 24.3 Å². The minimum absolute atomic E-state index is 0.116. The lowest BCUT2D eigenvalue weighted by atomic mass is 10.2. The SMILES string of the molecule is O=C(CC1Sc2ccccc2NC1=O)Nc1ccc(-c2nc3ccccc3s2)cc1. The zero-order valence-corrected chi connectivity index (χ0v) is 17.4. The van der Waals surface area contributed by atoms with Gasteiger partial charge in [0.2, 0.25) is 11.8 Å². The summed E-state index contributed by atoms with van der Waals surface area (Å²) in [4.78, 5) is 30.4. The Hall–Kier alpha value is -3.16. The van der Waals surface area contributed by atoms with Gasteiger partial charge in [-0.3, -0.25) is 9.59 Å². The van der Waals surface area contributed by atoms with E-state index in [1.54, 1.807) is 11.3 Å². The molecule has 148 valence electrons. The Morgan fingerprint density at radius 2 is 1.77 bits per heavy atom. The lowest BCUT2D eigenvalue weighted by Gasteiger charge is -2.23. The molecule has 2 N–H and O–H groups in total. The highest BCUT2D eigenvalue weighted by Gasteiger charge is 2.28. The minimum Gasteiger partial charge on any atom is -0.326 e. The van der Waals surface area contributed by atoms with Gasteiger partial charge in [-0.25, -0.2) is 4.98 Å². The minimum atomic E-state index is -0.443. The summed E-state index contributed by atoms with van der Waals surface area (Å²) >= 11 is 3.07. The molecular weight excluding hydrogens is 414 g/mol. The summed E-state index contributed by atoms with van der Waals surface area (Å²) in [5.74, 6) is -0.324. The van der Waals surface area contributed by atoms with Crippen LogP contribution in [0.3, 0.4) is 0 Å². The Labute approximate surface area is 181 Å². The average Bonchev–Trinajstić information content (AvgIpc) is 3.19. The summed E-state index contributed by atoms with van der Waals surface area (Å²) in [7, 11) is 0. The second-order valence-corrected chi connectivity index (χ2v) is 9.18. The molecule has 0 aliphatic carbocycles. The molecule has 30 heavy (non-hydrogen) atoms. The highest BCUT2D eigenvalue weighted by atomic mass is 32.2. The third-order valence-electron chi connectivity index (χ3n) is 4.79. The van der Waals surface area contributed by atoms with Crippen LogP contribution < -0.4 is 10.6 Å². The fourth-order valence-corrected chi connectivity index (χ4v) is 5.38. The van der Waals surface area contributed by atoms with Gasteiger partial charge in [0.1, 0.15) is 5.01 Å². The average molecular weight is 432 g/mol. The number of amides is 2. The number of fused-ring (bicyclic) bond motifs is 2. The van der Waals surface area contributed by atoms with Crippen LogP contribution >= 0.6 is 23.1 Å². The van der Waals surface area contributed by atoms with Crippen molar-refractivity contribution in [1.29, 1.82) is 0 Å². The lowest BCUT2D eigenvalue weighted by Crippen LogP contribution is -2.32. The number of benzene rings is 3. The molecule has 5 nitrogen and oxygen atoms in total. The van der Waals surface area contributed by atoms with Crippen LogP contribution in [0, 0.1) is 0 Å². The zero-order valence-electron chi connectivity index (χ0n) is 15.8. The molecule has 7 heteroatoms. The molecule has 1 aliphatic heterocycles. The standard InChI is InChI=1S/C23H17N3O2S2/c27-21(13-20-22(28)25-16-5-1-3-7-18(16)29-20)24-15-11-9-14(10-12-15)23-26-17-6-2-4-8-19(17)30-23/h1-12,20H,13H2,(H,24,27)(H,25,28). The molecule has 0 bridgehead atoms. The van der Waals surface area contributed by atoms with Crippen LogP contribution in [0.5, 0.6) is 0 Å². The van der Waals surface area contributed by atoms with Gasteiger partial charge in [-0.15, -0.1) is 23.1 Å². The highest BCUT2D eigenvalue weighted by molar-refractivity contribution is 8.01. The van der Waals surface area contributed by atoms with Crippen LogP contribution in [0.4, 0.5) is 11.4 Å². The Kier molecular flexibility index (Phi) is 4.98. The highest BCUT2D eigenvalue weighted by Crippen LogP contribution is 2.36. The lowest BCUT2D eigenvalue weighted by molar-refractivity contribution is -0.120. The monoisotopic (exact) mass is 431 g/mol. The zero-order chi connectivity index (χ0) is 20.5. The third-order valence-corrected chi connectivity index (χ3v) is 7.15. The summed E-state index contributed by atoms with van der Waals surface area (Å²) in [5.41, 5.74) is 3.49. The van der Waals surface area contributed by atoms with Crippen molar-refractivity contribution >= 4 is 56.5 Å². The Morgan fingerprint density at radius 1 is 1.00 bits per heavy atom. The molecule has 3 aromatic carbocycles. The first-order chi connectivity index (χ1) is 14.7. The first-order valence-electron chi connectivity index (χ1n) is 9.48. The Morgan fingerprint density at radius 3 is 2.60 bits per heavy atom. The summed E-state index contributed by atoms with van der Waals surface area (Å²) in [6, 6.07) is 23.3. The summed E-state index contributed by atoms with van der Waals surface area (Å²) in [5, 5.41) is 6.26. The maximum absolute atomic E-state index is 12.5. The van der Waals surface area contributed by atoms with Gasteiger partial charge in [0.05, 0.1) is 21.2 Å². The number of hydrogen-bond acceptors (Lipinski definition) is 5. The number of thioether (sulfide) groups is 1. The first kappa shape index (κ1) is 18.8. The molecule has 0 radical (unpaired) electrons. The molecule has 1 aromatic heterocycles.